The van der Waals surface area contributed by atoms with Gasteiger partial charge in [-0.25, -0.2) is 0 Å². The van der Waals surface area contributed by atoms with E-state index in [1.807, 2.05) is 12.1 Å². The molecular formula is C18H18N2O4. The number of amides is 3. The largest absolute Gasteiger partial charge is 0.383 e. The fourth-order valence-corrected chi connectivity index (χ4v) is 2.88. The minimum absolute atomic E-state index is 0.0568. The molecule has 0 spiro atoms. The summed E-state index contributed by atoms with van der Waals surface area (Å²) >= 11 is 0. The molecule has 3 rings (SSSR count). The quantitative estimate of drug-likeness (QED) is 0.646. The minimum atomic E-state index is -0.353. The molecule has 0 aromatic heterocycles. The van der Waals surface area contributed by atoms with E-state index in [1.54, 1.807) is 31.4 Å². The first-order valence-electron chi connectivity index (χ1n) is 7.77. The molecule has 0 atom stereocenters. The molecule has 2 aromatic carbocycles. The molecule has 0 fully saturated rings. The van der Waals surface area contributed by atoms with Crippen LogP contribution in [0.1, 0.15) is 27.1 Å². The normalized spacial score (nSPS) is 13.5. The summed E-state index contributed by atoms with van der Waals surface area (Å²) in [5.41, 5.74) is 1.00. The Labute approximate surface area is 139 Å². The van der Waals surface area contributed by atoms with Gasteiger partial charge in [-0.2, -0.15) is 0 Å². The lowest BCUT2D eigenvalue weighted by Crippen LogP contribution is -2.42. The van der Waals surface area contributed by atoms with Crippen LogP contribution in [0.3, 0.4) is 0 Å². The average molecular weight is 326 g/mol. The Morgan fingerprint density at radius 1 is 1.08 bits per heavy atom. The fourth-order valence-electron chi connectivity index (χ4n) is 2.88. The molecule has 1 heterocycles. The maximum atomic E-state index is 12.6. The van der Waals surface area contributed by atoms with Crippen molar-refractivity contribution in [3.8, 4) is 0 Å². The number of nitrogens with zero attached hydrogens (tertiary/aromatic N) is 1. The van der Waals surface area contributed by atoms with Crippen molar-refractivity contribution in [2.24, 2.45) is 0 Å². The number of carbonyl (C=O) groups is 3. The Hall–Kier alpha value is -2.73. The molecule has 0 unspecified atom stereocenters. The number of imide groups is 1. The lowest BCUT2D eigenvalue weighted by molar-refractivity contribution is -0.121. The topological polar surface area (TPSA) is 75.7 Å². The van der Waals surface area contributed by atoms with E-state index in [0.29, 0.717) is 29.7 Å². The molecule has 0 bridgehead atoms. The van der Waals surface area contributed by atoms with E-state index < -0.39 is 0 Å². The summed E-state index contributed by atoms with van der Waals surface area (Å²) in [6, 6.07) is 10.8. The third-order valence-electron chi connectivity index (χ3n) is 4.05. The van der Waals surface area contributed by atoms with Gasteiger partial charge in [0.25, 0.3) is 11.8 Å². The summed E-state index contributed by atoms with van der Waals surface area (Å²) < 4.78 is 4.86. The molecule has 2 aromatic rings. The van der Waals surface area contributed by atoms with E-state index in [1.165, 1.54) is 0 Å². The number of rotatable bonds is 6. The Morgan fingerprint density at radius 2 is 1.71 bits per heavy atom. The van der Waals surface area contributed by atoms with Crippen LogP contribution in [0, 0.1) is 0 Å². The highest BCUT2D eigenvalue weighted by Crippen LogP contribution is 2.29. The zero-order chi connectivity index (χ0) is 17.1. The summed E-state index contributed by atoms with van der Waals surface area (Å²) in [4.78, 5) is 38.2. The van der Waals surface area contributed by atoms with Gasteiger partial charge < -0.3 is 10.1 Å². The SMILES string of the molecule is COCCNC(=O)CCN1C(=O)c2cccc3cccc(c23)C1=O. The van der Waals surface area contributed by atoms with Crippen LogP contribution in [-0.4, -0.2) is 49.4 Å². The van der Waals surface area contributed by atoms with Crippen molar-refractivity contribution >= 4 is 28.5 Å². The molecule has 0 radical (unpaired) electrons. The third-order valence-corrected chi connectivity index (χ3v) is 4.05. The first kappa shape index (κ1) is 16.1. The van der Waals surface area contributed by atoms with Crippen LogP contribution in [0.25, 0.3) is 10.8 Å². The van der Waals surface area contributed by atoms with Crippen LogP contribution in [-0.2, 0) is 9.53 Å². The Kier molecular flexibility index (Phi) is 4.57. The van der Waals surface area contributed by atoms with Crippen LogP contribution < -0.4 is 5.32 Å². The molecular weight excluding hydrogens is 308 g/mol. The molecule has 1 aliphatic rings. The minimum Gasteiger partial charge on any atom is -0.383 e. The summed E-state index contributed by atoms with van der Waals surface area (Å²) in [5.74, 6) is -0.923. The van der Waals surface area contributed by atoms with E-state index >= 15 is 0 Å². The van der Waals surface area contributed by atoms with Gasteiger partial charge in [-0.05, 0) is 17.5 Å². The molecule has 124 valence electrons. The second-order valence-electron chi connectivity index (χ2n) is 5.56. The zero-order valence-electron chi connectivity index (χ0n) is 13.4. The van der Waals surface area contributed by atoms with Gasteiger partial charge in [0.1, 0.15) is 0 Å². The van der Waals surface area contributed by atoms with Crippen molar-refractivity contribution in [2.45, 2.75) is 6.42 Å². The van der Waals surface area contributed by atoms with E-state index in [0.717, 1.165) is 10.3 Å². The van der Waals surface area contributed by atoms with Crippen molar-refractivity contribution in [1.29, 1.82) is 0 Å². The highest BCUT2D eigenvalue weighted by molar-refractivity contribution is 6.25. The van der Waals surface area contributed by atoms with Crippen molar-refractivity contribution in [3.05, 3.63) is 47.5 Å². The lowest BCUT2D eigenvalue weighted by Gasteiger charge is -2.27. The van der Waals surface area contributed by atoms with Crippen LogP contribution >= 0.6 is 0 Å². The molecule has 1 N–H and O–H groups in total. The second-order valence-corrected chi connectivity index (χ2v) is 5.56. The first-order chi connectivity index (χ1) is 11.6. The molecule has 6 heteroatoms. The smallest absolute Gasteiger partial charge is 0.261 e. The number of hydrogen-bond donors (Lipinski definition) is 1. The maximum Gasteiger partial charge on any atom is 0.261 e. The van der Waals surface area contributed by atoms with Gasteiger partial charge in [-0.3, -0.25) is 19.3 Å². The zero-order valence-corrected chi connectivity index (χ0v) is 13.4. The summed E-state index contributed by atoms with van der Waals surface area (Å²) in [6.45, 7) is 0.878. The molecule has 1 aliphatic heterocycles. The van der Waals surface area contributed by atoms with Gasteiger partial charge in [-0.1, -0.05) is 24.3 Å². The molecule has 0 saturated heterocycles. The second kappa shape index (κ2) is 6.80. The monoisotopic (exact) mass is 326 g/mol. The molecule has 0 aliphatic carbocycles. The average Bonchev–Trinajstić information content (AvgIpc) is 2.59. The van der Waals surface area contributed by atoms with Crippen molar-refractivity contribution in [3.63, 3.8) is 0 Å². The highest BCUT2D eigenvalue weighted by atomic mass is 16.5. The van der Waals surface area contributed by atoms with Gasteiger partial charge >= 0.3 is 0 Å². The van der Waals surface area contributed by atoms with Crippen LogP contribution in [0.15, 0.2) is 36.4 Å². The lowest BCUT2D eigenvalue weighted by atomic mass is 9.94. The number of hydrogen-bond acceptors (Lipinski definition) is 4. The van der Waals surface area contributed by atoms with Gasteiger partial charge in [0.05, 0.1) is 6.61 Å². The predicted octanol–water partition coefficient (Wildman–Crippen LogP) is 1.59. The number of benzene rings is 2. The predicted molar refractivity (Wildman–Crippen MR) is 88.8 cm³/mol. The summed E-state index contributed by atoms with van der Waals surface area (Å²) in [5, 5.41) is 4.23. The number of carbonyl (C=O) groups excluding carboxylic acids is 3. The highest BCUT2D eigenvalue weighted by Gasteiger charge is 2.32. The molecule has 0 saturated carbocycles. The van der Waals surface area contributed by atoms with Gasteiger partial charge in [0.2, 0.25) is 5.91 Å². The first-order valence-corrected chi connectivity index (χ1v) is 7.77. The van der Waals surface area contributed by atoms with Gasteiger partial charge in [0, 0.05) is 43.1 Å². The van der Waals surface area contributed by atoms with Gasteiger partial charge in [0.15, 0.2) is 0 Å². The third kappa shape index (κ3) is 2.88. The summed E-state index contributed by atoms with van der Waals surface area (Å²) in [6.07, 6.45) is 0.0688. The van der Waals surface area contributed by atoms with Crippen LogP contribution in [0.4, 0.5) is 0 Å². The van der Waals surface area contributed by atoms with Crippen molar-refractivity contribution in [2.75, 3.05) is 26.8 Å². The Bertz CT molecular complexity index is 765. The number of methoxy groups -OCH3 is 1. The number of ether oxygens (including phenoxy) is 1. The van der Waals surface area contributed by atoms with E-state index in [2.05, 4.69) is 5.32 Å². The molecule has 24 heavy (non-hydrogen) atoms. The van der Waals surface area contributed by atoms with Crippen LogP contribution in [0.2, 0.25) is 0 Å². The van der Waals surface area contributed by atoms with E-state index in [9.17, 15) is 14.4 Å². The standard InChI is InChI=1S/C18H18N2O4/c1-24-11-9-19-15(21)8-10-20-17(22)13-6-2-4-12-5-3-7-14(16(12)13)18(20)23/h2-7H,8-11H2,1H3,(H,19,21). The molecule has 6 nitrogen and oxygen atoms in total. The fraction of sp³-hybridized carbons (Fsp3) is 0.278. The Balaban J connectivity index is 1.79. The van der Waals surface area contributed by atoms with Crippen molar-refractivity contribution in [1.82, 2.24) is 10.2 Å². The van der Waals surface area contributed by atoms with Gasteiger partial charge in [-0.15, -0.1) is 0 Å². The van der Waals surface area contributed by atoms with E-state index in [4.69, 9.17) is 4.74 Å². The van der Waals surface area contributed by atoms with Crippen molar-refractivity contribution < 1.29 is 19.1 Å². The Morgan fingerprint density at radius 3 is 2.29 bits per heavy atom. The van der Waals surface area contributed by atoms with E-state index in [-0.39, 0.29) is 30.7 Å². The summed E-state index contributed by atoms with van der Waals surface area (Å²) in [7, 11) is 1.55. The number of nitrogens with one attached hydrogen (secondary N) is 1. The molecule has 3 amide bonds. The van der Waals surface area contributed by atoms with Crippen LogP contribution in [0.5, 0.6) is 0 Å². The maximum absolute atomic E-state index is 12.6.